The van der Waals surface area contributed by atoms with E-state index in [0.29, 0.717) is 19.5 Å². The molecule has 7 heteroatoms. The van der Waals surface area contributed by atoms with Crippen molar-refractivity contribution >= 4 is 41.5 Å². The largest absolute Gasteiger partial charge is 0.357 e. The molecule has 1 unspecified atom stereocenters. The highest BCUT2D eigenvalue weighted by molar-refractivity contribution is 14.0. The molecule has 0 radical (unpaired) electrons. The van der Waals surface area contributed by atoms with Crippen molar-refractivity contribution in [2.45, 2.75) is 37.5 Å². The van der Waals surface area contributed by atoms with Crippen LogP contribution in [0.4, 0.5) is 10.1 Å². The Labute approximate surface area is 194 Å². The molecule has 1 fully saturated rings. The third-order valence-electron chi connectivity index (χ3n) is 5.80. The molecule has 1 amide bonds. The number of amides is 1. The van der Waals surface area contributed by atoms with Crippen LogP contribution < -0.4 is 16.0 Å². The molecule has 2 aliphatic rings. The van der Waals surface area contributed by atoms with Crippen LogP contribution in [-0.4, -0.2) is 31.5 Å². The van der Waals surface area contributed by atoms with Crippen LogP contribution in [0.25, 0.3) is 0 Å². The summed E-state index contributed by atoms with van der Waals surface area (Å²) in [6, 6.07) is 14.8. The van der Waals surface area contributed by atoms with Crippen molar-refractivity contribution in [1.29, 1.82) is 0 Å². The number of anilines is 1. The summed E-state index contributed by atoms with van der Waals surface area (Å²) in [4.78, 5) is 16.8. The number of guanidine groups is 1. The van der Waals surface area contributed by atoms with E-state index in [0.717, 1.165) is 42.2 Å². The highest BCUT2D eigenvalue weighted by atomic mass is 127. The van der Waals surface area contributed by atoms with Crippen molar-refractivity contribution in [3.8, 4) is 0 Å². The first-order valence-electron chi connectivity index (χ1n) is 10.3. The number of hydrogen-bond donors (Lipinski definition) is 3. The monoisotopic (exact) mass is 522 g/mol. The highest BCUT2D eigenvalue weighted by Gasteiger charge is 2.44. The van der Waals surface area contributed by atoms with Gasteiger partial charge >= 0.3 is 0 Å². The van der Waals surface area contributed by atoms with E-state index in [1.54, 1.807) is 12.1 Å². The van der Waals surface area contributed by atoms with Gasteiger partial charge in [-0.25, -0.2) is 4.39 Å². The molecule has 0 aromatic heterocycles. The first-order valence-corrected chi connectivity index (χ1v) is 10.3. The van der Waals surface area contributed by atoms with Crippen molar-refractivity contribution in [1.82, 2.24) is 10.6 Å². The summed E-state index contributed by atoms with van der Waals surface area (Å²) in [6.07, 6.45) is 2.50. The van der Waals surface area contributed by atoms with Gasteiger partial charge in [0.25, 0.3) is 0 Å². The lowest BCUT2D eigenvalue weighted by Gasteiger charge is -2.26. The zero-order valence-electron chi connectivity index (χ0n) is 17.1. The molecule has 2 aromatic rings. The molecular weight excluding hydrogens is 494 g/mol. The standard InChI is InChI=1S/C23H27FN4O.HI/c1-2-25-22(27-15-23(10-11-23)17-6-5-7-18(24)13-17)26-14-16-12-21(29)28-20-9-4-3-8-19(16)20;/h3-9,13,16H,2,10-12,14-15H2,1H3,(H,28,29)(H2,25,26,27);1H. The number of fused-ring (bicyclic) bond motifs is 1. The number of para-hydroxylation sites is 1. The minimum absolute atomic E-state index is 0. The molecule has 0 spiro atoms. The summed E-state index contributed by atoms with van der Waals surface area (Å²) in [5.41, 5.74) is 3.01. The lowest BCUT2D eigenvalue weighted by molar-refractivity contribution is -0.116. The van der Waals surface area contributed by atoms with Crippen LogP contribution in [-0.2, 0) is 10.2 Å². The van der Waals surface area contributed by atoms with Crippen LogP contribution in [0.2, 0.25) is 0 Å². The van der Waals surface area contributed by atoms with Gasteiger partial charge in [-0.05, 0) is 49.1 Å². The Kier molecular flexibility index (Phi) is 7.33. The molecule has 0 saturated heterocycles. The lowest BCUT2D eigenvalue weighted by atomic mass is 9.90. The smallest absolute Gasteiger partial charge is 0.225 e. The van der Waals surface area contributed by atoms with Gasteiger partial charge in [0.15, 0.2) is 5.96 Å². The second-order valence-electron chi connectivity index (χ2n) is 7.90. The Morgan fingerprint density at radius 1 is 1.20 bits per heavy atom. The fourth-order valence-electron chi connectivity index (χ4n) is 3.98. The number of nitrogens with zero attached hydrogens (tertiary/aromatic N) is 1. The van der Waals surface area contributed by atoms with Crippen molar-refractivity contribution in [3.63, 3.8) is 0 Å². The number of hydrogen-bond acceptors (Lipinski definition) is 2. The molecule has 0 bridgehead atoms. The Hall–Kier alpha value is -2.16. The van der Waals surface area contributed by atoms with E-state index >= 15 is 0 Å². The number of halogens is 2. The van der Waals surface area contributed by atoms with Gasteiger partial charge in [-0.3, -0.25) is 9.79 Å². The zero-order chi connectivity index (χ0) is 20.3. The SMILES string of the molecule is CCNC(=NCC1(c2cccc(F)c2)CC1)NCC1CC(=O)Nc2ccccc21.I. The first-order chi connectivity index (χ1) is 14.1. The van der Waals surface area contributed by atoms with Gasteiger partial charge in [0.2, 0.25) is 5.91 Å². The van der Waals surface area contributed by atoms with Gasteiger partial charge in [-0.1, -0.05) is 30.3 Å². The van der Waals surface area contributed by atoms with Gasteiger partial charge in [0, 0.05) is 36.5 Å². The molecule has 3 N–H and O–H groups in total. The second kappa shape index (κ2) is 9.76. The van der Waals surface area contributed by atoms with Gasteiger partial charge in [0.1, 0.15) is 5.82 Å². The Morgan fingerprint density at radius 3 is 2.73 bits per heavy atom. The maximum absolute atomic E-state index is 13.6. The van der Waals surface area contributed by atoms with Crippen LogP contribution in [0.5, 0.6) is 0 Å². The summed E-state index contributed by atoms with van der Waals surface area (Å²) in [5.74, 6) is 0.679. The average Bonchev–Trinajstić information content (AvgIpc) is 3.51. The molecule has 1 aliphatic heterocycles. The van der Waals surface area contributed by atoms with Crippen molar-refractivity contribution in [3.05, 3.63) is 65.5 Å². The maximum atomic E-state index is 13.6. The minimum atomic E-state index is -0.197. The number of aliphatic imine (C=N–C) groups is 1. The highest BCUT2D eigenvalue weighted by Crippen LogP contribution is 2.48. The first kappa shape index (κ1) is 22.5. The number of carbonyl (C=O) groups excluding carboxylic acids is 1. The third kappa shape index (κ3) is 5.11. The molecule has 2 aromatic carbocycles. The zero-order valence-corrected chi connectivity index (χ0v) is 19.4. The number of rotatable bonds is 6. The number of benzene rings is 2. The van der Waals surface area contributed by atoms with Crippen LogP contribution in [0.3, 0.4) is 0 Å². The molecule has 1 heterocycles. The summed E-state index contributed by atoms with van der Waals surface area (Å²) in [7, 11) is 0. The van der Waals surface area contributed by atoms with Crippen LogP contribution >= 0.6 is 24.0 Å². The molecule has 4 rings (SSSR count). The molecule has 160 valence electrons. The van der Waals surface area contributed by atoms with Gasteiger partial charge in [-0.15, -0.1) is 24.0 Å². The van der Waals surface area contributed by atoms with E-state index in [1.807, 2.05) is 31.2 Å². The van der Waals surface area contributed by atoms with Crippen LogP contribution in [0, 0.1) is 5.82 Å². The second-order valence-corrected chi connectivity index (χ2v) is 7.90. The number of nitrogens with one attached hydrogen (secondary N) is 3. The normalized spacial score (nSPS) is 19.2. The summed E-state index contributed by atoms with van der Waals surface area (Å²) < 4.78 is 13.6. The predicted molar refractivity (Wildman–Crippen MR) is 129 cm³/mol. The summed E-state index contributed by atoms with van der Waals surface area (Å²) in [6.45, 7) is 4.03. The molecule has 30 heavy (non-hydrogen) atoms. The van der Waals surface area contributed by atoms with Crippen molar-refractivity contribution in [2.75, 3.05) is 25.0 Å². The van der Waals surface area contributed by atoms with E-state index in [1.165, 1.54) is 6.07 Å². The van der Waals surface area contributed by atoms with Gasteiger partial charge in [-0.2, -0.15) is 0 Å². The average molecular weight is 522 g/mol. The van der Waals surface area contributed by atoms with E-state index in [-0.39, 0.29) is 47.0 Å². The molecule has 1 saturated carbocycles. The van der Waals surface area contributed by atoms with E-state index in [2.05, 4.69) is 22.0 Å². The van der Waals surface area contributed by atoms with Crippen molar-refractivity contribution in [2.24, 2.45) is 4.99 Å². The van der Waals surface area contributed by atoms with E-state index < -0.39 is 0 Å². The Balaban J connectivity index is 0.00000256. The van der Waals surface area contributed by atoms with E-state index in [9.17, 15) is 9.18 Å². The maximum Gasteiger partial charge on any atom is 0.225 e. The van der Waals surface area contributed by atoms with E-state index in [4.69, 9.17) is 4.99 Å². The molecule has 5 nitrogen and oxygen atoms in total. The molecule has 1 aliphatic carbocycles. The fourth-order valence-corrected chi connectivity index (χ4v) is 3.98. The van der Waals surface area contributed by atoms with Crippen LogP contribution in [0.15, 0.2) is 53.5 Å². The Morgan fingerprint density at radius 2 is 2.00 bits per heavy atom. The van der Waals surface area contributed by atoms with Crippen LogP contribution in [0.1, 0.15) is 43.2 Å². The third-order valence-corrected chi connectivity index (χ3v) is 5.80. The molecular formula is C23H28FIN4O. The molecule has 1 atom stereocenters. The topological polar surface area (TPSA) is 65.5 Å². The summed E-state index contributed by atoms with van der Waals surface area (Å²) >= 11 is 0. The predicted octanol–water partition coefficient (Wildman–Crippen LogP) is 4.16. The van der Waals surface area contributed by atoms with Gasteiger partial charge < -0.3 is 16.0 Å². The van der Waals surface area contributed by atoms with Gasteiger partial charge in [0.05, 0.1) is 6.54 Å². The lowest BCUT2D eigenvalue weighted by Crippen LogP contribution is -2.41. The quantitative estimate of drug-likeness (QED) is 0.304. The fraction of sp³-hybridized carbons (Fsp3) is 0.391. The van der Waals surface area contributed by atoms with Crippen molar-refractivity contribution < 1.29 is 9.18 Å². The summed E-state index contributed by atoms with van der Waals surface area (Å²) in [5, 5.41) is 9.62. The Bertz CT molecular complexity index is 929. The minimum Gasteiger partial charge on any atom is -0.357 e. The number of carbonyl (C=O) groups is 1.